The molecule has 0 unspecified atom stereocenters. The zero-order valence-corrected chi connectivity index (χ0v) is 17.5. The number of anilines is 2. The summed E-state index contributed by atoms with van der Waals surface area (Å²) in [4.78, 5) is 20.9. The van der Waals surface area contributed by atoms with E-state index in [1.54, 1.807) is 25.4 Å². The maximum absolute atomic E-state index is 12.1. The Balaban J connectivity index is 0.00000145. The third-order valence-corrected chi connectivity index (χ3v) is 3.91. The van der Waals surface area contributed by atoms with Crippen molar-refractivity contribution >= 4 is 17.5 Å². The second-order valence-electron chi connectivity index (χ2n) is 6.28. The highest BCUT2D eigenvalue weighted by atomic mass is 16.3. The molecule has 3 N–H and O–H groups in total. The van der Waals surface area contributed by atoms with Gasteiger partial charge in [-0.15, -0.1) is 0 Å². The number of benzene rings is 1. The third kappa shape index (κ3) is 5.86. The first-order valence-electron chi connectivity index (χ1n) is 9.58. The summed E-state index contributed by atoms with van der Waals surface area (Å²) >= 11 is 0. The number of nitrogens with zero attached hydrogens (tertiary/aromatic N) is 4. The van der Waals surface area contributed by atoms with Gasteiger partial charge in [0.05, 0.1) is 12.3 Å². The first-order chi connectivity index (χ1) is 14.0. The summed E-state index contributed by atoms with van der Waals surface area (Å²) in [7, 11) is 1.69. The molecule has 0 saturated heterocycles. The topological polar surface area (TPSA) is 105 Å². The highest BCUT2D eigenvalue weighted by molar-refractivity contribution is 5.93. The molecule has 3 rings (SSSR count). The second-order valence-corrected chi connectivity index (χ2v) is 6.28. The molecule has 0 bridgehead atoms. The molecule has 8 nitrogen and oxygen atoms in total. The van der Waals surface area contributed by atoms with Crippen molar-refractivity contribution < 1.29 is 9.90 Å². The molecule has 3 aromatic rings. The normalized spacial score (nSPS) is 10.1. The number of nitrogens with one attached hydrogen (secondary N) is 2. The first kappa shape index (κ1) is 22.0. The van der Waals surface area contributed by atoms with E-state index in [-0.39, 0.29) is 19.1 Å². The average Bonchev–Trinajstić information content (AvgIpc) is 3.09. The highest BCUT2D eigenvalue weighted by Gasteiger charge is 2.15. The number of amides is 1. The van der Waals surface area contributed by atoms with Crippen molar-refractivity contribution in [3.8, 4) is 11.4 Å². The molecule has 0 aliphatic rings. The van der Waals surface area contributed by atoms with E-state index in [9.17, 15) is 4.79 Å². The van der Waals surface area contributed by atoms with E-state index in [0.717, 1.165) is 16.8 Å². The molecule has 0 fully saturated rings. The number of aliphatic hydroxyl groups excluding tert-OH is 1. The molecule has 2 heterocycles. The van der Waals surface area contributed by atoms with Gasteiger partial charge in [-0.05, 0) is 49.2 Å². The number of carbonyl (C=O) groups is 1. The van der Waals surface area contributed by atoms with Crippen LogP contribution in [0.25, 0.3) is 11.4 Å². The van der Waals surface area contributed by atoms with E-state index in [1.165, 1.54) is 4.68 Å². The lowest BCUT2D eigenvalue weighted by atomic mass is 10.1. The predicted octanol–water partition coefficient (Wildman–Crippen LogP) is 2.99. The van der Waals surface area contributed by atoms with Crippen LogP contribution in [0.2, 0.25) is 0 Å². The van der Waals surface area contributed by atoms with Gasteiger partial charge < -0.3 is 15.7 Å². The van der Waals surface area contributed by atoms with Crippen molar-refractivity contribution in [3.05, 3.63) is 53.3 Å². The SMILES string of the molecule is CC.Cc1cc(C)cc(Nc2nccc(-c3cc(C(=O)NCCO)n(C)n3)n2)c1. The number of carbonyl (C=O) groups excluding carboxylic acids is 1. The largest absolute Gasteiger partial charge is 0.395 e. The Bertz CT molecular complexity index is 947. The molecule has 0 saturated carbocycles. The first-order valence-corrected chi connectivity index (χ1v) is 9.58. The lowest BCUT2D eigenvalue weighted by Crippen LogP contribution is -2.28. The Morgan fingerprint density at radius 3 is 2.45 bits per heavy atom. The molecule has 0 atom stereocenters. The monoisotopic (exact) mass is 396 g/mol. The van der Waals surface area contributed by atoms with Crippen LogP contribution >= 0.6 is 0 Å². The number of hydrogen-bond acceptors (Lipinski definition) is 6. The van der Waals surface area contributed by atoms with Crippen LogP contribution in [0.15, 0.2) is 36.5 Å². The highest BCUT2D eigenvalue weighted by Crippen LogP contribution is 2.21. The van der Waals surface area contributed by atoms with Crippen LogP contribution in [0.5, 0.6) is 0 Å². The van der Waals surface area contributed by atoms with Crippen LogP contribution in [0.3, 0.4) is 0 Å². The van der Waals surface area contributed by atoms with Gasteiger partial charge in [0, 0.05) is 25.5 Å². The van der Waals surface area contributed by atoms with E-state index in [4.69, 9.17) is 5.11 Å². The summed E-state index contributed by atoms with van der Waals surface area (Å²) < 4.78 is 1.49. The number of rotatable bonds is 6. The van der Waals surface area contributed by atoms with Crippen LogP contribution in [0, 0.1) is 13.8 Å². The molecular weight excluding hydrogens is 368 g/mol. The molecule has 8 heteroatoms. The van der Waals surface area contributed by atoms with E-state index in [2.05, 4.69) is 31.8 Å². The zero-order valence-electron chi connectivity index (χ0n) is 17.5. The van der Waals surface area contributed by atoms with Gasteiger partial charge >= 0.3 is 0 Å². The fourth-order valence-corrected chi connectivity index (χ4v) is 2.80. The summed E-state index contributed by atoms with van der Waals surface area (Å²) in [6, 6.07) is 9.54. The van der Waals surface area contributed by atoms with Gasteiger partial charge in [-0.25, -0.2) is 9.97 Å². The van der Waals surface area contributed by atoms with Crippen molar-refractivity contribution in [1.29, 1.82) is 0 Å². The molecule has 0 radical (unpaired) electrons. The number of hydrogen-bond donors (Lipinski definition) is 3. The lowest BCUT2D eigenvalue weighted by Gasteiger charge is -2.07. The van der Waals surface area contributed by atoms with Gasteiger partial charge in [-0.3, -0.25) is 9.48 Å². The molecule has 0 aliphatic heterocycles. The third-order valence-electron chi connectivity index (χ3n) is 3.91. The van der Waals surface area contributed by atoms with Gasteiger partial charge in [0.25, 0.3) is 5.91 Å². The van der Waals surface area contributed by atoms with Crippen molar-refractivity contribution in [3.63, 3.8) is 0 Å². The van der Waals surface area contributed by atoms with Crippen LogP contribution < -0.4 is 10.6 Å². The van der Waals surface area contributed by atoms with Gasteiger partial charge in [-0.2, -0.15) is 5.10 Å². The predicted molar refractivity (Wildman–Crippen MR) is 114 cm³/mol. The molecule has 0 spiro atoms. The van der Waals surface area contributed by atoms with Crippen LogP contribution in [-0.4, -0.2) is 43.9 Å². The van der Waals surface area contributed by atoms with Crippen molar-refractivity contribution in [2.45, 2.75) is 27.7 Å². The fourth-order valence-electron chi connectivity index (χ4n) is 2.80. The smallest absolute Gasteiger partial charge is 0.269 e. The standard InChI is InChI=1S/C19H22N6O2.C2H6/c1-12-8-13(2)10-14(9-12)22-19-21-5-4-15(23-19)16-11-17(25(3)24-16)18(27)20-6-7-26;1-2/h4-5,8-11,26H,6-7H2,1-3H3,(H,20,27)(H,21,22,23);1-2H3. The van der Waals surface area contributed by atoms with E-state index in [0.29, 0.717) is 23.0 Å². The summed E-state index contributed by atoms with van der Waals surface area (Å²) in [5.41, 5.74) is 4.77. The Kier molecular flexibility index (Phi) is 7.85. The van der Waals surface area contributed by atoms with E-state index in [1.807, 2.05) is 39.8 Å². The molecular formula is C21H28N6O2. The Morgan fingerprint density at radius 2 is 1.79 bits per heavy atom. The quantitative estimate of drug-likeness (QED) is 0.592. The minimum atomic E-state index is -0.298. The van der Waals surface area contributed by atoms with Gasteiger partial charge in [0.1, 0.15) is 11.4 Å². The molecule has 2 aromatic heterocycles. The maximum Gasteiger partial charge on any atom is 0.269 e. The second kappa shape index (κ2) is 10.3. The van der Waals surface area contributed by atoms with Crippen LogP contribution in [0.4, 0.5) is 11.6 Å². The Hall–Kier alpha value is -3.26. The van der Waals surface area contributed by atoms with Crippen molar-refractivity contribution in [1.82, 2.24) is 25.1 Å². The number of aryl methyl sites for hydroxylation is 3. The van der Waals surface area contributed by atoms with Crippen LogP contribution in [0.1, 0.15) is 35.5 Å². The van der Waals surface area contributed by atoms with E-state index >= 15 is 0 Å². The zero-order chi connectivity index (χ0) is 21.4. The van der Waals surface area contributed by atoms with Crippen LogP contribution in [-0.2, 0) is 7.05 Å². The summed E-state index contributed by atoms with van der Waals surface area (Å²) in [6.07, 6.45) is 1.65. The lowest BCUT2D eigenvalue weighted by molar-refractivity contribution is 0.0935. The molecule has 1 amide bonds. The summed E-state index contributed by atoms with van der Waals surface area (Å²) in [5, 5.41) is 19.0. The summed E-state index contributed by atoms with van der Waals surface area (Å²) in [6.45, 7) is 8.14. The maximum atomic E-state index is 12.1. The molecule has 1 aromatic carbocycles. The Morgan fingerprint density at radius 1 is 1.10 bits per heavy atom. The molecule has 0 aliphatic carbocycles. The van der Waals surface area contributed by atoms with Gasteiger partial charge in [0.15, 0.2) is 0 Å². The minimum Gasteiger partial charge on any atom is -0.395 e. The number of aliphatic hydroxyl groups is 1. The van der Waals surface area contributed by atoms with Crippen molar-refractivity contribution in [2.24, 2.45) is 7.05 Å². The fraction of sp³-hybridized carbons (Fsp3) is 0.333. The van der Waals surface area contributed by atoms with Gasteiger partial charge in [-0.1, -0.05) is 19.9 Å². The Labute approximate surface area is 171 Å². The number of aromatic nitrogens is 4. The van der Waals surface area contributed by atoms with E-state index < -0.39 is 0 Å². The molecule has 154 valence electrons. The van der Waals surface area contributed by atoms with Gasteiger partial charge in [0.2, 0.25) is 5.95 Å². The van der Waals surface area contributed by atoms with Crippen molar-refractivity contribution in [2.75, 3.05) is 18.5 Å². The average molecular weight is 396 g/mol. The summed E-state index contributed by atoms with van der Waals surface area (Å²) in [5.74, 6) is 0.155. The minimum absolute atomic E-state index is 0.115. The molecule has 29 heavy (non-hydrogen) atoms.